The van der Waals surface area contributed by atoms with Crippen LogP contribution in [0.3, 0.4) is 0 Å². The minimum absolute atomic E-state index is 0.594. The second-order valence-corrected chi connectivity index (χ2v) is 4.75. The molecule has 17 heavy (non-hydrogen) atoms. The van der Waals surface area contributed by atoms with Gasteiger partial charge in [-0.2, -0.15) is 0 Å². The first kappa shape index (κ1) is 12.3. The summed E-state index contributed by atoms with van der Waals surface area (Å²) in [5, 5.41) is 0. The summed E-state index contributed by atoms with van der Waals surface area (Å²) in [6.07, 6.45) is 1.78. The molecule has 1 nitrogen and oxygen atoms in total. The molecule has 0 atom stereocenters. The third-order valence-electron chi connectivity index (χ3n) is 3.83. The molecule has 0 saturated heterocycles. The normalized spacial score (nSPS) is 19.3. The number of methoxy groups -OCH3 is 1. The Kier molecular flexibility index (Phi) is 3.65. The fourth-order valence-corrected chi connectivity index (χ4v) is 2.74. The minimum Gasteiger partial charge on any atom is -0.497 e. The lowest BCUT2D eigenvalue weighted by molar-refractivity contribution is 0.0254. The molecule has 1 fully saturated rings. The van der Waals surface area contributed by atoms with Gasteiger partial charge in [0.15, 0.2) is 0 Å². The summed E-state index contributed by atoms with van der Waals surface area (Å²) >= 11 is 0. The summed E-state index contributed by atoms with van der Waals surface area (Å²) in [5.74, 6) is 0.717. The van der Waals surface area contributed by atoms with Gasteiger partial charge in [-0.05, 0) is 30.5 Å². The van der Waals surface area contributed by atoms with E-state index in [9.17, 15) is 8.78 Å². The molecule has 0 aromatic heterocycles. The molecule has 0 heterocycles. The van der Waals surface area contributed by atoms with Crippen LogP contribution in [-0.4, -0.2) is 13.5 Å². The van der Waals surface area contributed by atoms with E-state index in [1.54, 1.807) is 31.4 Å². The van der Waals surface area contributed by atoms with Crippen LogP contribution in [0.1, 0.15) is 37.7 Å². The van der Waals surface area contributed by atoms with Crippen LogP contribution < -0.4 is 4.74 Å². The minimum atomic E-state index is -2.28. The highest BCUT2D eigenvalue weighted by molar-refractivity contribution is 5.33. The van der Waals surface area contributed by atoms with Gasteiger partial charge in [-0.1, -0.05) is 31.4 Å². The largest absolute Gasteiger partial charge is 0.497 e. The van der Waals surface area contributed by atoms with Crippen molar-refractivity contribution < 1.29 is 13.5 Å². The van der Waals surface area contributed by atoms with Crippen LogP contribution in [0.5, 0.6) is 5.75 Å². The molecule has 1 aliphatic carbocycles. The number of halogens is 2. The summed E-state index contributed by atoms with van der Waals surface area (Å²) in [7, 11) is 1.58. The lowest BCUT2D eigenvalue weighted by Gasteiger charge is -2.37. The Labute approximate surface area is 101 Å². The number of ether oxygens (including phenoxy) is 1. The maximum Gasteiger partial charge on any atom is 0.248 e. The van der Waals surface area contributed by atoms with E-state index in [0.717, 1.165) is 24.8 Å². The van der Waals surface area contributed by atoms with Crippen LogP contribution in [0.4, 0.5) is 8.78 Å². The highest BCUT2D eigenvalue weighted by Crippen LogP contribution is 2.44. The van der Waals surface area contributed by atoms with Crippen molar-refractivity contribution in [2.24, 2.45) is 0 Å². The fourth-order valence-electron chi connectivity index (χ4n) is 2.74. The van der Waals surface area contributed by atoms with Crippen molar-refractivity contribution in [1.82, 2.24) is 0 Å². The summed E-state index contributed by atoms with van der Waals surface area (Å²) in [6.45, 7) is 0. The van der Waals surface area contributed by atoms with Gasteiger partial charge >= 0.3 is 0 Å². The Morgan fingerprint density at radius 2 is 1.65 bits per heavy atom. The van der Waals surface area contributed by atoms with Crippen LogP contribution in [0.25, 0.3) is 0 Å². The topological polar surface area (TPSA) is 9.23 Å². The summed E-state index contributed by atoms with van der Waals surface area (Å²) < 4.78 is 31.9. The molecule has 3 heteroatoms. The van der Waals surface area contributed by atoms with Gasteiger partial charge in [0.2, 0.25) is 6.43 Å². The molecule has 94 valence electrons. The predicted octanol–water partition coefficient (Wildman–Crippen LogP) is 4.16. The smallest absolute Gasteiger partial charge is 0.248 e. The Morgan fingerprint density at radius 1 is 1.06 bits per heavy atom. The van der Waals surface area contributed by atoms with Crippen LogP contribution in [0.2, 0.25) is 0 Å². The quantitative estimate of drug-likeness (QED) is 0.770. The third kappa shape index (κ3) is 2.28. The first-order valence-electron chi connectivity index (χ1n) is 6.12. The first-order chi connectivity index (χ1) is 8.19. The first-order valence-corrected chi connectivity index (χ1v) is 6.12. The molecule has 1 saturated carbocycles. The van der Waals surface area contributed by atoms with Gasteiger partial charge in [-0.15, -0.1) is 0 Å². The maximum atomic E-state index is 13.4. The molecular formula is C14H18F2O. The zero-order valence-electron chi connectivity index (χ0n) is 10.1. The number of benzene rings is 1. The van der Waals surface area contributed by atoms with Crippen molar-refractivity contribution >= 4 is 0 Å². The van der Waals surface area contributed by atoms with Gasteiger partial charge in [0.05, 0.1) is 12.5 Å². The Hall–Kier alpha value is -1.12. The molecular weight excluding hydrogens is 222 g/mol. The van der Waals surface area contributed by atoms with E-state index in [2.05, 4.69) is 0 Å². The number of alkyl halides is 2. The summed E-state index contributed by atoms with van der Waals surface area (Å²) in [6, 6.07) is 7.12. The van der Waals surface area contributed by atoms with E-state index in [0.29, 0.717) is 18.6 Å². The van der Waals surface area contributed by atoms with Crippen LogP contribution in [0, 0.1) is 0 Å². The van der Waals surface area contributed by atoms with E-state index in [-0.39, 0.29) is 0 Å². The second kappa shape index (κ2) is 5.03. The summed E-state index contributed by atoms with van der Waals surface area (Å²) in [5.41, 5.74) is -0.169. The van der Waals surface area contributed by atoms with E-state index in [4.69, 9.17) is 4.74 Å². The van der Waals surface area contributed by atoms with E-state index >= 15 is 0 Å². The maximum absolute atomic E-state index is 13.4. The average Bonchev–Trinajstić information content (AvgIpc) is 2.39. The van der Waals surface area contributed by atoms with Gasteiger partial charge in [0.25, 0.3) is 0 Å². The number of rotatable bonds is 3. The lowest BCUT2D eigenvalue weighted by Crippen LogP contribution is -2.36. The molecule has 1 aromatic rings. The molecule has 0 radical (unpaired) electrons. The van der Waals surface area contributed by atoms with Crippen molar-refractivity contribution in [3.63, 3.8) is 0 Å². The van der Waals surface area contributed by atoms with Gasteiger partial charge in [-0.25, -0.2) is 8.78 Å². The number of hydrogen-bond acceptors (Lipinski definition) is 1. The SMILES string of the molecule is COc1ccc(C2(C(F)F)CCCCC2)cc1. The fraction of sp³-hybridized carbons (Fsp3) is 0.571. The molecule has 0 aliphatic heterocycles. The molecule has 0 unspecified atom stereocenters. The molecule has 0 bridgehead atoms. The molecule has 1 aliphatic rings. The lowest BCUT2D eigenvalue weighted by atomic mass is 9.69. The highest BCUT2D eigenvalue weighted by atomic mass is 19.3. The zero-order chi connectivity index (χ0) is 12.3. The van der Waals surface area contributed by atoms with Crippen molar-refractivity contribution in [2.75, 3.05) is 7.11 Å². The molecule has 2 rings (SSSR count). The third-order valence-corrected chi connectivity index (χ3v) is 3.83. The van der Waals surface area contributed by atoms with Crippen LogP contribution >= 0.6 is 0 Å². The highest BCUT2D eigenvalue weighted by Gasteiger charge is 2.42. The molecule has 0 spiro atoms. The van der Waals surface area contributed by atoms with Crippen molar-refractivity contribution in [1.29, 1.82) is 0 Å². The summed E-state index contributed by atoms with van der Waals surface area (Å²) in [4.78, 5) is 0. The standard InChI is InChI=1S/C14H18F2O/c1-17-12-7-5-11(6-8-12)14(13(15)16)9-3-2-4-10-14/h5-8,13H,2-4,9-10H2,1H3. The van der Waals surface area contributed by atoms with Gasteiger partial charge in [0, 0.05) is 0 Å². The van der Waals surface area contributed by atoms with Crippen LogP contribution in [-0.2, 0) is 5.41 Å². The molecule has 1 aromatic carbocycles. The van der Waals surface area contributed by atoms with Crippen LogP contribution in [0.15, 0.2) is 24.3 Å². The number of hydrogen-bond donors (Lipinski definition) is 0. The Bertz CT molecular complexity index is 353. The zero-order valence-corrected chi connectivity index (χ0v) is 10.1. The van der Waals surface area contributed by atoms with Gasteiger partial charge in [-0.3, -0.25) is 0 Å². The second-order valence-electron chi connectivity index (χ2n) is 4.75. The average molecular weight is 240 g/mol. The van der Waals surface area contributed by atoms with Gasteiger partial charge in [0.1, 0.15) is 5.75 Å². The van der Waals surface area contributed by atoms with Crippen molar-refractivity contribution in [2.45, 2.75) is 43.9 Å². The molecule has 0 amide bonds. The van der Waals surface area contributed by atoms with Crippen molar-refractivity contribution in [3.8, 4) is 5.75 Å². The van der Waals surface area contributed by atoms with E-state index in [1.165, 1.54) is 0 Å². The Balaban J connectivity index is 2.31. The van der Waals surface area contributed by atoms with E-state index in [1.807, 2.05) is 0 Å². The Morgan fingerprint density at radius 3 is 2.12 bits per heavy atom. The van der Waals surface area contributed by atoms with E-state index < -0.39 is 11.8 Å². The predicted molar refractivity (Wildman–Crippen MR) is 63.8 cm³/mol. The monoisotopic (exact) mass is 240 g/mol. The van der Waals surface area contributed by atoms with Gasteiger partial charge < -0.3 is 4.74 Å². The van der Waals surface area contributed by atoms with Crippen molar-refractivity contribution in [3.05, 3.63) is 29.8 Å². The molecule has 0 N–H and O–H groups in total.